The van der Waals surface area contributed by atoms with Crippen LogP contribution in [-0.2, 0) is 6.54 Å². The van der Waals surface area contributed by atoms with Crippen molar-refractivity contribution in [3.8, 4) is 0 Å². The summed E-state index contributed by atoms with van der Waals surface area (Å²) in [4.78, 5) is 4.48. The first-order valence-corrected chi connectivity index (χ1v) is 5.90. The molecule has 2 rings (SSSR count). The lowest BCUT2D eigenvalue weighted by Gasteiger charge is -2.25. The molecule has 1 aromatic rings. The lowest BCUT2D eigenvalue weighted by atomic mass is 9.96. The Labute approximate surface area is 93.0 Å². The minimum Gasteiger partial charge on any atom is -0.331 e. The quantitative estimate of drug-likeness (QED) is 0.879. The van der Waals surface area contributed by atoms with Gasteiger partial charge in [0.15, 0.2) is 0 Å². The number of likely N-dealkylation sites (N-methyl/N-ethyl adjacent to an activating group) is 1. The number of aryl methyl sites for hydroxylation is 1. The van der Waals surface area contributed by atoms with Crippen LogP contribution in [-0.4, -0.2) is 23.1 Å². The van der Waals surface area contributed by atoms with Crippen molar-refractivity contribution in [1.82, 2.24) is 14.9 Å². The summed E-state index contributed by atoms with van der Waals surface area (Å²) in [6.07, 6.45) is 2.54. The molecule has 14 heavy (non-hydrogen) atoms. The van der Waals surface area contributed by atoms with Crippen molar-refractivity contribution in [2.45, 2.75) is 32.2 Å². The van der Waals surface area contributed by atoms with Crippen LogP contribution in [0.4, 0.5) is 0 Å². The Morgan fingerprint density at radius 3 is 3.14 bits per heavy atom. The van der Waals surface area contributed by atoms with Crippen molar-refractivity contribution in [3.63, 3.8) is 0 Å². The van der Waals surface area contributed by atoms with E-state index in [1.807, 2.05) is 7.05 Å². The zero-order chi connectivity index (χ0) is 10.1. The Kier molecular flexibility index (Phi) is 2.93. The van der Waals surface area contributed by atoms with E-state index in [0.717, 1.165) is 23.5 Å². The lowest BCUT2D eigenvalue weighted by Crippen LogP contribution is -2.24. The van der Waals surface area contributed by atoms with E-state index in [-0.39, 0.29) is 0 Å². The zero-order valence-corrected chi connectivity index (χ0v) is 10.3. The zero-order valence-electron chi connectivity index (χ0n) is 8.68. The minimum absolute atomic E-state index is 0.615. The smallest absolute Gasteiger partial charge is 0.127 e. The van der Waals surface area contributed by atoms with Crippen LogP contribution in [0, 0.1) is 6.92 Å². The Hall–Kier alpha value is -0.350. The van der Waals surface area contributed by atoms with Gasteiger partial charge in [-0.05, 0) is 42.7 Å². The summed E-state index contributed by atoms with van der Waals surface area (Å²) in [7, 11) is 2.01. The normalized spacial score (nSPS) is 20.9. The fourth-order valence-electron chi connectivity index (χ4n) is 2.29. The molecular weight excluding hydrogens is 242 g/mol. The van der Waals surface area contributed by atoms with Crippen molar-refractivity contribution < 1.29 is 0 Å². The molecule has 0 spiro atoms. The van der Waals surface area contributed by atoms with Crippen LogP contribution in [0.25, 0.3) is 0 Å². The third-order valence-corrected chi connectivity index (χ3v) is 3.51. The predicted molar refractivity (Wildman–Crippen MR) is 60.6 cm³/mol. The van der Waals surface area contributed by atoms with Crippen LogP contribution >= 0.6 is 15.9 Å². The van der Waals surface area contributed by atoms with E-state index in [9.17, 15) is 0 Å². The van der Waals surface area contributed by atoms with E-state index in [1.54, 1.807) is 0 Å². The second-order valence-corrected chi connectivity index (χ2v) is 4.63. The monoisotopic (exact) mass is 257 g/mol. The number of imidazole rings is 1. The van der Waals surface area contributed by atoms with Crippen LogP contribution in [0.5, 0.6) is 0 Å². The van der Waals surface area contributed by atoms with E-state index in [4.69, 9.17) is 0 Å². The molecule has 0 aromatic carbocycles. The van der Waals surface area contributed by atoms with Gasteiger partial charge in [-0.2, -0.15) is 0 Å². The molecule has 1 aliphatic rings. The lowest BCUT2D eigenvalue weighted by molar-refractivity contribution is 0.436. The number of hydrogen-bond donors (Lipinski definition) is 1. The van der Waals surface area contributed by atoms with Crippen LogP contribution in [0.1, 0.15) is 30.3 Å². The average Bonchev–Trinajstić information content (AvgIpc) is 2.44. The second kappa shape index (κ2) is 4.03. The topological polar surface area (TPSA) is 29.9 Å². The molecule has 1 aromatic heterocycles. The maximum absolute atomic E-state index is 4.48. The summed E-state index contributed by atoms with van der Waals surface area (Å²) < 4.78 is 3.38. The number of nitrogens with one attached hydrogen (secondary N) is 1. The predicted octanol–water partition coefficient (Wildman–Crippen LogP) is 2.05. The molecular formula is C10H16BrN3. The number of fused-ring (bicyclic) bond motifs is 1. The van der Waals surface area contributed by atoms with Crippen molar-refractivity contribution in [1.29, 1.82) is 0 Å². The first-order valence-electron chi connectivity index (χ1n) is 5.11. The summed E-state index contributed by atoms with van der Waals surface area (Å²) in [5, 5.41) is 3.25. The van der Waals surface area contributed by atoms with Gasteiger partial charge in [0.05, 0.1) is 5.69 Å². The van der Waals surface area contributed by atoms with Gasteiger partial charge in [-0.15, -0.1) is 0 Å². The van der Waals surface area contributed by atoms with Gasteiger partial charge >= 0.3 is 0 Å². The molecule has 0 aliphatic carbocycles. The highest BCUT2D eigenvalue weighted by Gasteiger charge is 2.24. The first kappa shape index (κ1) is 10.2. The highest BCUT2D eigenvalue weighted by atomic mass is 79.9. The number of rotatable bonds is 2. The molecule has 1 N–H and O–H groups in total. The summed E-state index contributed by atoms with van der Waals surface area (Å²) in [6, 6.07) is 0. The summed E-state index contributed by atoms with van der Waals surface area (Å²) >= 11 is 3.55. The highest BCUT2D eigenvalue weighted by Crippen LogP contribution is 2.33. The standard InChI is InChI=1S/C10H16BrN3/c1-7-13-10(11)9-8(6-12-2)4-3-5-14(7)9/h8,12H,3-6H2,1-2H3. The highest BCUT2D eigenvalue weighted by molar-refractivity contribution is 9.10. The first-order chi connectivity index (χ1) is 6.74. The molecule has 1 aliphatic heterocycles. The van der Waals surface area contributed by atoms with Gasteiger partial charge in [0.25, 0.3) is 0 Å². The average molecular weight is 258 g/mol. The summed E-state index contributed by atoms with van der Waals surface area (Å²) in [5.41, 5.74) is 1.38. The molecule has 4 heteroatoms. The third kappa shape index (κ3) is 1.61. The molecule has 0 bridgehead atoms. The van der Waals surface area contributed by atoms with Gasteiger partial charge < -0.3 is 9.88 Å². The SMILES string of the molecule is CNCC1CCCn2c(C)nc(Br)c21. The number of hydrogen-bond acceptors (Lipinski definition) is 2. The van der Waals surface area contributed by atoms with Crippen LogP contribution in [0.3, 0.4) is 0 Å². The Morgan fingerprint density at radius 2 is 2.43 bits per heavy atom. The molecule has 0 radical (unpaired) electrons. The van der Waals surface area contributed by atoms with Gasteiger partial charge in [0, 0.05) is 19.0 Å². The van der Waals surface area contributed by atoms with Gasteiger partial charge in [-0.3, -0.25) is 0 Å². The largest absolute Gasteiger partial charge is 0.331 e. The Bertz CT molecular complexity index is 332. The van der Waals surface area contributed by atoms with Gasteiger partial charge in [0.2, 0.25) is 0 Å². The maximum Gasteiger partial charge on any atom is 0.127 e. The molecule has 0 saturated carbocycles. The van der Waals surface area contributed by atoms with Gasteiger partial charge in [-0.25, -0.2) is 4.98 Å². The fraction of sp³-hybridized carbons (Fsp3) is 0.700. The second-order valence-electron chi connectivity index (χ2n) is 3.88. The minimum atomic E-state index is 0.615. The molecule has 1 atom stereocenters. The van der Waals surface area contributed by atoms with Gasteiger partial charge in [0.1, 0.15) is 10.4 Å². The molecule has 0 fully saturated rings. The van der Waals surface area contributed by atoms with E-state index < -0.39 is 0 Å². The number of halogens is 1. The molecule has 78 valence electrons. The van der Waals surface area contributed by atoms with Crippen molar-refractivity contribution in [2.75, 3.05) is 13.6 Å². The fourth-order valence-corrected chi connectivity index (χ4v) is 3.09. The van der Waals surface area contributed by atoms with E-state index in [1.165, 1.54) is 18.5 Å². The van der Waals surface area contributed by atoms with E-state index in [0.29, 0.717) is 5.92 Å². The van der Waals surface area contributed by atoms with E-state index >= 15 is 0 Å². The van der Waals surface area contributed by atoms with Crippen molar-refractivity contribution in [2.24, 2.45) is 0 Å². The van der Waals surface area contributed by atoms with E-state index in [2.05, 4.69) is 37.7 Å². The number of nitrogens with zero attached hydrogens (tertiary/aromatic N) is 2. The van der Waals surface area contributed by atoms with Gasteiger partial charge in [-0.1, -0.05) is 0 Å². The van der Waals surface area contributed by atoms with Crippen LogP contribution < -0.4 is 5.32 Å². The Balaban J connectivity index is 2.37. The molecule has 0 amide bonds. The summed E-state index contributed by atoms with van der Waals surface area (Å²) in [6.45, 7) is 4.25. The third-order valence-electron chi connectivity index (χ3n) is 2.92. The Morgan fingerprint density at radius 1 is 1.64 bits per heavy atom. The van der Waals surface area contributed by atoms with Crippen LogP contribution in [0.15, 0.2) is 4.60 Å². The van der Waals surface area contributed by atoms with Crippen LogP contribution in [0.2, 0.25) is 0 Å². The molecule has 1 unspecified atom stereocenters. The summed E-state index contributed by atoms with van der Waals surface area (Å²) in [5.74, 6) is 1.75. The van der Waals surface area contributed by atoms with Crippen molar-refractivity contribution in [3.05, 3.63) is 16.1 Å². The molecule has 0 saturated heterocycles. The van der Waals surface area contributed by atoms with Crippen molar-refractivity contribution >= 4 is 15.9 Å². The number of aromatic nitrogens is 2. The molecule has 2 heterocycles. The maximum atomic E-state index is 4.48. The molecule has 3 nitrogen and oxygen atoms in total.